The first-order valence-electron chi connectivity index (χ1n) is 11.9. The van der Waals surface area contributed by atoms with E-state index < -0.39 is 0 Å². The molecule has 7 rings (SSSR count). The second-order valence-electron chi connectivity index (χ2n) is 9.06. The van der Waals surface area contributed by atoms with Gasteiger partial charge in [0.05, 0.1) is 0 Å². The summed E-state index contributed by atoms with van der Waals surface area (Å²) in [5.41, 5.74) is 4.93. The van der Waals surface area contributed by atoms with Crippen LogP contribution in [0.4, 0.5) is 0 Å². The van der Waals surface area contributed by atoms with E-state index in [0.29, 0.717) is 6.04 Å². The van der Waals surface area contributed by atoms with Gasteiger partial charge in [0.1, 0.15) is 11.1 Å². The molecule has 5 heteroatoms. The van der Waals surface area contributed by atoms with Crippen LogP contribution in [-0.4, -0.2) is 27.6 Å². The molecule has 166 valence electrons. The average molecular weight is 445 g/mol. The summed E-state index contributed by atoms with van der Waals surface area (Å²) in [6.45, 7) is 2.00. The lowest BCUT2D eigenvalue weighted by atomic mass is 10.0. The number of aromatic nitrogens is 3. The lowest BCUT2D eigenvalue weighted by Gasteiger charge is -2.25. The number of nitrogens with one attached hydrogen (secondary N) is 1. The molecule has 3 aromatic heterocycles. The molecule has 3 aromatic carbocycles. The van der Waals surface area contributed by atoms with E-state index in [1.807, 2.05) is 24.4 Å². The molecule has 1 aliphatic rings. The van der Waals surface area contributed by atoms with Crippen LogP contribution in [0.25, 0.3) is 55.6 Å². The molecular weight excluding hydrogens is 420 g/mol. The molecule has 1 N–H and O–H groups in total. The number of para-hydroxylation sites is 1. The number of nitrogens with zero attached hydrogens (tertiary/aromatic N) is 3. The van der Waals surface area contributed by atoms with E-state index in [2.05, 4.69) is 70.5 Å². The van der Waals surface area contributed by atoms with E-state index in [1.165, 1.54) is 10.8 Å². The number of benzene rings is 3. The van der Waals surface area contributed by atoms with Crippen molar-refractivity contribution in [3.63, 3.8) is 0 Å². The number of hydrogen-bond acceptors (Lipinski definition) is 4. The smallest absolute Gasteiger partial charge is 0.178 e. The third-order valence-corrected chi connectivity index (χ3v) is 6.93. The highest BCUT2D eigenvalue weighted by atomic mass is 16.3. The van der Waals surface area contributed by atoms with Gasteiger partial charge in [0, 0.05) is 23.2 Å². The maximum absolute atomic E-state index is 6.25. The van der Waals surface area contributed by atoms with Gasteiger partial charge in [0.2, 0.25) is 0 Å². The quantitative estimate of drug-likeness (QED) is 0.335. The van der Waals surface area contributed by atoms with E-state index in [4.69, 9.17) is 14.4 Å². The Morgan fingerprint density at radius 1 is 0.794 bits per heavy atom. The molecule has 34 heavy (non-hydrogen) atoms. The zero-order chi connectivity index (χ0) is 22.5. The normalized spacial score (nSPS) is 14.9. The van der Waals surface area contributed by atoms with Crippen molar-refractivity contribution in [1.82, 2.24) is 19.9 Å². The summed E-state index contributed by atoms with van der Waals surface area (Å²) in [6.07, 6.45) is 4.08. The van der Waals surface area contributed by atoms with Crippen LogP contribution >= 0.6 is 0 Å². The van der Waals surface area contributed by atoms with Crippen LogP contribution in [0.5, 0.6) is 0 Å². The Labute approximate surface area is 197 Å². The van der Waals surface area contributed by atoms with Gasteiger partial charge in [0.25, 0.3) is 0 Å². The molecule has 1 aliphatic heterocycles. The first-order chi connectivity index (χ1) is 16.8. The van der Waals surface area contributed by atoms with Gasteiger partial charge in [-0.1, -0.05) is 54.6 Å². The van der Waals surface area contributed by atoms with E-state index in [0.717, 1.165) is 70.8 Å². The third kappa shape index (κ3) is 3.20. The molecule has 0 atom stereocenters. The van der Waals surface area contributed by atoms with Crippen molar-refractivity contribution in [3.05, 3.63) is 85.1 Å². The first kappa shape index (κ1) is 19.5. The van der Waals surface area contributed by atoms with Gasteiger partial charge in [-0.05, 0) is 66.5 Å². The summed E-state index contributed by atoms with van der Waals surface area (Å²) in [5.74, 6) is 1.66. The highest BCUT2D eigenvalue weighted by Gasteiger charge is 2.25. The molecule has 0 saturated carbocycles. The van der Waals surface area contributed by atoms with Gasteiger partial charge < -0.3 is 14.3 Å². The number of furan rings is 1. The van der Waals surface area contributed by atoms with Crippen molar-refractivity contribution in [1.29, 1.82) is 0 Å². The van der Waals surface area contributed by atoms with E-state index in [-0.39, 0.29) is 0 Å². The van der Waals surface area contributed by atoms with Crippen molar-refractivity contribution >= 4 is 32.9 Å². The summed E-state index contributed by atoms with van der Waals surface area (Å²) in [4.78, 5) is 10.0. The Morgan fingerprint density at radius 3 is 2.44 bits per heavy atom. The molecule has 0 amide bonds. The lowest BCUT2D eigenvalue weighted by Crippen LogP contribution is -2.29. The van der Waals surface area contributed by atoms with Gasteiger partial charge in [-0.25, -0.2) is 9.97 Å². The molecule has 0 bridgehead atoms. The summed E-state index contributed by atoms with van der Waals surface area (Å²) in [7, 11) is 0. The largest absolute Gasteiger partial charge is 0.453 e. The maximum Gasteiger partial charge on any atom is 0.178 e. The minimum atomic E-state index is 0.341. The van der Waals surface area contributed by atoms with Gasteiger partial charge >= 0.3 is 0 Å². The number of pyridine rings is 1. The predicted molar refractivity (Wildman–Crippen MR) is 137 cm³/mol. The fraction of sp³-hybridized carbons (Fsp3) is 0.172. The lowest BCUT2D eigenvalue weighted by molar-refractivity contribution is 0.374. The molecule has 0 unspecified atom stereocenters. The predicted octanol–water partition coefficient (Wildman–Crippen LogP) is 6.59. The molecule has 6 aromatic rings. The highest BCUT2D eigenvalue weighted by Crippen LogP contribution is 2.35. The number of fused-ring (bicyclic) bond motifs is 3. The van der Waals surface area contributed by atoms with Crippen molar-refractivity contribution in [2.45, 2.75) is 18.9 Å². The van der Waals surface area contributed by atoms with E-state index in [9.17, 15) is 0 Å². The molecule has 0 aliphatic carbocycles. The monoisotopic (exact) mass is 444 g/mol. The standard InChI is InChI=1S/C29H24N4O/c1-2-6-20-15-21(10-9-19(20)5-1)23-16-25-28(31-18-23)33(24-11-13-30-14-12-24)29(32-25)27-17-22-7-3-4-8-26(22)34-27/h1-10,15-18,24,30H,11-14H2. The van der Waals surface area contributed by atoms with Crippen LogP contribution in [0.1, 0.15) is 18.9 Å². The highest BCUT2D eigenvalue weighted by molar-refractivity contribution is 5.89. The molecule has 0 spiro atoms. The molecule has 5 nitrogen and oxygen atoms in total. The van der Waals surface area contributed by atoms with Crippen LogP contribution in [0.15, 0.2) is 89.5 Å². The van der Waals surface area contributed by atoms with Crippen molar-refractivity contribution in [2.75, 3.05) is 13.1 Å². The average Bonchev–Trinajstić information content (AvgIpc) is 3.50. The number of imidazole rings is 1. The molecule has 0 radical (unpaired) electrons. The van der Waals surface area contributed by atoms with Gasteiger partial charge in [0.15, 0.2) is 17.2 Å². The Hall–Kier alpha value is -3.96. The summed E-state index contributed by atoms with van der Waals surface area (Å²) in [5, 5.41) is 7.03. The van der Waals surface area contributed by atoms with E-state index >= 15 is 0 Å². The zero-order valence-electron chi connectivity index (χ0n) is 18.7. The van der Waals surface area contributed by atoms with Gasteiger partial charge in [-0.3, -0.25) is 0 Å². The Kier molecular flexibility index (Phi) is 4.49. The first-order valence-corrected chi connectivity index (χ1v) is 11.9. The molecule has 4 heterocycles. The number of piperidine rings is 1. The minimum absolute atomic E-state index is 0.341. The van der Waals surface area contributed by atoms with Crippen LogP contribution in [0.2, 0.25) is 0 Å². The van der Waals surface area contributed by atoms with Crippen molar-refractivity contribution in [2.24, 2.45) is 0 Å². The van der Waals surface area contributed by atoms with Crippen LogP contribution in [0.3, 0.4) is 0 Å². The minimum Gasteiger partial charge on any atom is -0.453 e. The third-order valence-electron chi connectivity index (χ3n) is 6.93. The zero-order valence-corrected chi connectivity index (χ0v) is 18.7. The SMILES string of the molecule is c1ccc2cc(-c3cnc4c(c3)nc(-c3cc5ccccc5o3)n4C3CCNCC3)ccc2c1. The van der Waals surface area contributed by atoms with Crippen molar-refractivity contribution < 1.29 is 4.42 Å². The molecule has 1 saturated heterocycles. The summed E-state index contributed by atoms with van der Waals surface area (Å²) in [6, 6.07) is 27.7. The summed E-state index contributed by atoms with van der Waals surface area (Å²) >= 11 is 0. The van der Waals surface area contributed by atoms with Crippen molar-refractivity contribution in [3.8, 4) is 22.7 Å². The summed E-state index contributed by atoms with van der Waals surface area (Å²) < 4.78 is 8.56. The Bertz CT molecular complexity index is 1620. The Balaban J connectivity index is 1.40. The second kappa shape index (κ2) is 7.82. The van der Waals surface area contributed by atoms with Gasteiger partial charge in [-0.15, -0.1) is 0 Å². The van der Waals surface area contributed by atoms with E-state index in [1.54, 1.807) is 0 Å². The number of hydrogen-bond donors (Lipinski definition) is 1. The molecule has 1 fully saturated rings. The maximum atomic E-state index is 6.25. The number of rotatable bonds is 3. The van der Waals surface area contributed by atoms with Crippen LogP contribution in [-0.2, 0) is 0 Å². The van der Waals surface area contributed by atoms with Crippen LogP contribution in [0, 0.1) is 0 Å². The fourth-order valence-electron chi connectivity index (χ4n) is 5.19. The Morgan fingerprint density at radius 2 is 1.59 bits per heavy atom. The molecular formula is C29H24N4O. The topological polar surface area (TPSA) is 55.9 Å². The fourth-order valence-corrected chi connectivity index (χ4v) is 5.19. The second-order valence-corrected chi connectivity index (χ2v) is 9.06. The van der Waals surface area contributed by atoms with Gasteiger partial charge in [-0.2, -0.15) is 0 Å². The van der Waals surface area contributed by atoms with Crippen LogP contribution < -0.4 is 5.32 Å².